The standard InChI is InChI=1S/C18H30N4O4S.ClH/c1-13(16-5-4-6-19-12-16)11-17(23)21-7-9-22(10-8-21)27(24,25)18-14(2)20-26-15(18)3;/h13,16,19H,4-12H2,1-3H3;1H. The number of piperidine rings is 1. The van der Waals surface area contributed by atoms with E-state index in [-0.39, 0.29) is 23.2 Å². The van der Waals surface area contributed by atoms with Crippen molar-refractivity contribution in [2.24, 2.45) is 11.8 Å². The lowest BCUT2D eigenvalue weighted by Crippen LogP contribution is -2.51. The second-order valence-corrected chi connectivity index (χ2v) is 9.60. The number of sulfonamides is 1. The van der Waals surface area contributed by atoms with Crippen LogP contribution in [0.3, 0.4) is 0 Å². The summed E-state index contributed by atoms with van der Waals surface area (Å²) >= 11 is 0. The maximum atomic E-state index is 12.9. The van der Waals surface area contributed by atoms with Crippen LogP contribution in [-0.2, 0) is 14.8 Å². The minimum absolute atomic E-state index is 0. The number of carbonyl (C=O) groups excluding carboxylic acids is 1. The molecule has 28 heavy (non-hydrogen) atoms. The first-order valence-corrected chi connectivity index (χ1v) is 11.2. The van der Waals surface area contributed by atoms with Gasteiger partial charge in [-0.15, -0.1) is 12.4 Å². The number of hydrogen-bond donors (Lipinski definition) is 1. The third-order valence-corrected chi connectivity index (χ3v) is 7.94. The molecule has 0 aromatic carbocycles. The molecule has 1 N–H and O–H groups in total. The fourth-order valence-electron chi connectivity index (χ4n) is 4.09. The van der Waals surface area contributed by atoms with E-state index >= 15 is 0 Å². The van der Waals surface area contributed by atoms with Gasteiger partial charge in [0.05, 0.1) is 0 Å². The van der Waals surface area contributed by atoms with Crippen molar-refractivity contribution in [2.45, 2.75) is 44.9 Å². The van der Waals surface area contributed by atoms with E-state index in [9.17, 15) is 13.2 Å². The van der Waals surface area contributed by atoms with E-state index in [1.165, 1.54) is 17.1 Å². The smallest absolute Gasteiger partial charge is 0.248 e. The number of nitrogens with zero attached hydrogens (tertiary/aromatic N) is 3. The van der Waals surface area contributed by atoms with Crippen molar-refractivity contribution in [3.05, 3.63) is 11.5 Å². The Labute approximate surface area is 173 Å². The summed E-state index contributed by atoms with van der Waals surface area (Å²) in [5.74, 6) is 1.32. The third-order valence-electron chi connectivity index (χ3n) is 5.79. The van der Waals surface area contributed by atoms with E-state index in [1.54, 1.807) is 18.7 Å². The summed E-state index contributed by atoms with van der Waals surface area (Å²) in [6.45, 7) is 8.90. The predicted molar refractivity (Wildman–Crippen MR) is 108 cm³/mol. The van der Waals surface area contributed by atoms with Crippen molar-refractivity contribution >= 4 is 28.3 Å². The summed E-state index contributed by atoms with van der Waals surface area (Å²) in [6, 6.07) is 0. The van der Waals surface area contributed by atoms with Gasteiger partial charge in [-0.3, -0.25) is 4.79 Å². The molecule has 2 fully saturated rings. The van der Waals surface area contributed by atoms with Crippen LogP contribution in [0.25, 0.3) is 0 Å². The molecule has 160 valence electrons. The molecule has 2 unspecified atom stereocenters. The van der Waals surface area contributed by atoms with Gasteiger partial charge in [0.1, 0.15) is 10.6 Å². The van der Waals surface area contributed by atoms with Crippen LogP contribution >= 0.6 is 12.4 Å². The Morgan fingerprint density at radius 2 is 1.96 bits per heavy atom. The highest BCUT2D eigenvalue weighted by molar-refractivity contribution is 7.89. The largest absolute Gasteiger partial charge is 0.360 e. The zero-order chi connectivity index (χ0) is 19.6. The molecule has 0 bridgehead atoms. The van der Waals surface area contributed by atoms with Gasteiger partial charge < -0.3 is 14.7 Å². The summed E-state index contributed by atoms with van der Waals surface area (Å²) in [7, 11) is -3.64. The Balaban J connectivity index is 0.00000280. The molecule has 2 saturated heterocycles. The molecule has 0 saturated carbocycles. The maximum absolute atomic E-state index is 12.9. The molecule has 2 atom stereocenters. The van der Waals surface area contributed by atoms with Gasteiger partial charge in [-0.05, 0) is 51.6 Å². The van der Waals surface area contributed by atoms with Crippen LogP contribution in [0.2, 0.25) is 0 Å². The van der Waals surface area contributed by atoms with E-state index in [2.05, 4.69) is 17.4 Å². The normalized spacial score (nSPS) is 22.5. The monoisotopic (exact) mass is 434 g/mol. The van der Waals surface area contributed by atoms with Crippen LogP contribution in [0.15, 0.2) is 9.42 Å². The molecule has 8 nitrogen and oxygen atoms in total. The SMILES string of the molecule is Cc1noc(C)c1S(=O)(=O)N1CCN(C(=O)CC(C)C2CCCNC2)CC1.Cl. The predicted octanol–water partition coefficient (Wildman–Crippen LogP) is 1.57. The second-order valence-electron chi connectivity index (χ2n) is 7.73. The minimum Gasteiger partial charge on any atom is -0.360 e. The molecule has 3 rings (SSSR count). The minimum atomic E-state index is -3.64. The number of amides is 1. The van der Waals surface area contributed by atoms with Gasteiger partial charge in [0.25, 0.3) is 0 Å². The zero-order valence-electron chi connectivity index (χ0n) is 16.8. The Kier molecular flexibility index (Phi) is 7.89. The second kappa shape index (κ2) is 9.56. The van der Waals surface area contributed by atoms with Crippen molar-refractivity contribution in [3.8, 4) is 0 Å². The quantitative estimate of drug-likeness (QED) is 0.755. The molecule has 2 aliphatic heterocycles. The van der Waals surface area contributed by atoms with E-state index < -0.39 is 10.0 Å². The molecule has 0 radical (unpaired) electrons. The Bertz CT molecular complexity index is 749. The number of rotatable bonds is 5. The van der Waals surface area contributed by atoms with Crippen LogP contribution in [0.5, 0.6) is 0 Å². The molecule has 3 heterocycles. The Morgan fingerprint density at radius 3 is 2.50 bits per heavy atom. The number of nitrogens with one attached hydrogen (secondary N) is 1. The lowest BCUT2D eigenvalue weighted by atomic mass is 9.85. The van der Waals surface area contributed by atoms with Crippen LogP contribution in [0.1, 0.15) is 37.6 Å². The zero-order valence-corrected chi connectivity index (χ0v) is 18.4. The van der Waals surface area contributed by atoms with Gasteiger partial charge in [0, 0.05) is 32.6 Å². The van der Waals surface area contributed by atoms with E-state index in [1.807, 2.05) is 0 Å². The van der Waals surface area contributed by atoms with Crippen molar-refractivity contribution in [1.82, 2.24) is 19.7 Å². The molecular formula is C18H31ClN4O4S. The van der Waals surface area contributed by atoms with Crippen LogP contribution in [-0.4, -0.2) is 68.0 Å². The van der Waals surface area contributed by atoms with Gasteiger partial charge in [-0.1, -0.05) is 12.1 Å². The topological polar surface area (TPSA) is 95.8 Å². The lowest BCUT2D eigenvalue weighted by Gasteiger charge is -2.35. The first-order chi connectivity index (χ1) is 12.8. The fraction of sp³-hybridized carbons (Fsp3) is 0.778. The summed E-state index contributed by atoms with van der Waals surface area (Å²) in [5, 5.41) is 7.15. The van der Waals surface area contributed by atoms with Gasteiger partial charge in [0.2, 0.25) is 15.9 Å². The van der Waals surface area contributed by atoms with Gasteiger partial charge in [0.15, 0.2) is 5.76 Å². The molecule has 1 aromatic heterocycles. The average molecular weight is 435 g/mol. The summed E-state index contributed by atoms with van der Waals surface area (Å²) < 4.78 is 32.2. The van der Waals surface area contributed by atoms with Crippen LogP contribution < -0.4 is 5.32 Å². The Hall–Kier alpha value is -1.16. The number of halogens is 1. The van der Waals surface area contributed by atoms with Crippen molar-refractivity contribution < 1.29 is 17.7 Å². The first-order valence-electron chi connectivity index (χ1n) is 9.72. The molecule has 0 spiro atoms. The molecule has 10 heteroatoms. The number of hydrogen-bond acceptors (Lipinski definition) is 6. The van der Waals surface area contributed by atoms with Crippen LogP contribution in [0, 0.1) is 25.7 Å². The van der Waals surface area contributed by atoms with Crippen LogP contribution in [0.4, 0.5) is 0 Å². The molecule has 2 aliphatic rings. The average Bonchev–Trinajstić information content (AvgIpc) is 3.01. The van der Waals surface area contributed by atoms with E-state index in [0.717, 1.165) is 13.1 Å². The number of carbonyl (C=O) groups is 1. The number of aryl methyl sites for hydroxylation is 2. The first kappa shape index (κ1) is 23.1. The van der Waals surface area contributed by atoms with E-state index in [0.29, 0.717) is 55.9 Å². The summed E-state index contributed by atoms with van der Waals surface area (Å²) in [4.78, 5) is 14.6. The maximum Gasteiger partial charge on any atom is 0.248 e. The third kappa shape index (κ3) is 4.87. The van der Waals surface area contributed by atoms with Crippen molar-refractivity contribution in [1.29, 1.82) is 0 Å². The van der Waals surface area contributed by atoms with Gasteiger partial charge >= 0.3 is 0 Å². The van der Waals surface area contributed by atoms with Gasteiger partial charge in [-0.2, -0.15) is 4.31 Å². The van der Waals surface area contributed by atoms with Crippen molar-refractivity contribution in [2.75, 3.05) is 39.3 Å². The highest BCUT2D eigenvalue weighted by Gasteiger charge is 2.34. The summed E-state index contributed by atoms with van der Waals surface area (Å²) in [6.07, 6.45) is 2.87. The number of piperazine rings is 1. The van der Waals surface area contributed by atoms with E-state index in [4.69, 9.17) is 4.52 Å². The highest BCUT2D eigenvalue weighted by atomic mass is 35.5. The highest BCUT2D eigenvalue weighted by Crippen LogP contribution is 2.26. The number of aromatic nitrogens is 1. The molecular weight excluding hydrogens is 404 g/mol. The van der Waals surface area contributed by atoms with Crippen molar-refractivity contribution in [3.63, 3.8) is 0 Å². The fourth-order valence-corrected chi connectivity index (χ4v) is 5.80. The molecule has 1 amide bonds. The molecule has 1 aromatic rings. The lowest BCUT2D eigenvalue weighted by molar-refractivity contribution is -0.133. The Morgan fingerprint density at radius 1 is 1.29 bits per heavy atom. The molecule has 0 aliphatic carbocycles. The van der Waals surface area contributed by atoms with Gasteiger partial charge in [-0.25, -0.2) is 8.42 Å². The summed E-state index contributed by atoms with van der Waals surface area (Å²) in [5.41, 5.74) is 0.376.